The molecule has 0 spiro atoms. The zero-order valence-corrected chi connectivity index (χ0v) is 9.72. The van der Waals surface area contributed by atoms with E-state index in [0.717, 1.165) is 10.7 Å². The van der Waals surface area contributed by atoms with Gasteiger partial charge in [0.1, 0.15) is 0 Å². The number of hydrogen-bond donors (Lipinski definition) is 1. The van der Waals surface area contributed by atoms with E-state index in [9.17, 15) is 0 Å². The molecule has 0 amide bonds. The molecule has 15 heavy (non-hydrogen) atoms. The second kappa shape index (κ2) is 5.26. The van der Waals surface area contributed by atoms with E-state index in [0.29, 0.717) is 5.92 Å². The maximum atomic E-state index is 5.44. The van der Waals surface area contributed by atoms with Gasteiger partial charge in [-0.25, -0.2) is 0 Å². The Morgan fingerprint density at radius 3 is 2.40 bits per heavy atom. The third kappa shape index (κ3) is 3.03. The average Bonchev–Trinajstić information content (AvgIpc) is 2.31. The molecule has 0 heterocycles. The number of rotatable bonds is 2. The summed E-state index contributed by atoms with van der Waals surface area (Å²) in [6, 6.07) is 10.2. The maximum absolute atomic E-state index is 5.44. The molecule has 1 aromatic carbocycles. The maximum Gasteiger partial charge on any atom is 0.0828 e. The summed E-state index contributed by atoms with van der Waals surface area (Å²) in [5.74, 6) is 0.606. The predicted octanol–water partition coefficient (Wildman–Crippen LogP) is 4.01. The van der Waals surface area contributed by atoms with Gasteiger partial charge < -0.3 is 5.32 Å². The quantitative estimate of drug-likeness (QED) is 0.754. The first kappa shape index (κ1) is 10.6. The van der Waals surface area contributed by atoms with Crippen molar-refractivity contribution in [1.82, 2.24) is 0 Å². The third-order valence-corrected chi connectivity index (χ3v) is 3.45. The van der Waals surface area contributed by atoms with Crippen LogP contribution in [-0.4, -0.2) is 4.99 Å². The summed E-state index contributed by atoms with van der Waals surface area (Å²) >= 11 is 5.44. The lowest BCUT2D eigenvalue weighted by atomic mass is 9.89. The van der Waals surface area contributed by atoms with E-state index in [-0.39, 0.29) is 0 Å². The van der Waals surface area contributed by atoms with Gasteiger partial charge in [0, 0.05) is 11.6 Å². The minimum Gasteiger partial charge on any atom is -0.350 e. The van der Waals surface area contributed by atoms with Crippen molar-refractivity contribution in [3.63, 3.8) is 0 Å². The highest BCUT2D eigenvalue weighted by Crippen LogP contribution is 2.25. The van der Waals surface area contributed by atoms with Gasteiger partial charge in [-0.2, -0.15) is 0 Å². The minimum atomic E-state index is 0.606. The Bertz CT molecular complexity index is 315. The lowest BCUT2D eigenvalue weighted by Crippen LogP contribution is -2.22. The number of benzene rings is 1. The van der Waals surface area contributed by atoms with Crippen LogP contribution in [-0.2, 0) is 0 Å². The van der Waals surface area contributed by atoms with Crippen molar-refractivity contribution in [2.45, 2.75) is 32.1 Å². The summed E-state index contributed by atoms with van der Waals surface area (Å²) in [5.41, 5.74) is 1.12. The van der Waals surface area contributed by atoms with Gasteiger partial charge in [0.2, 0.25) is 0 Å². The summed E-state index contributed by atoms with van der Waals surface area (Å²) in [5, 5.41) is 3.34. The molecule has 80 valence electrons. The Labute approximate surface area is 96.9 Å². The highest BCUT2D eigenvalue weighted by molar-refractivity contribution is 7.80. The zero-order valence-electron chi connectivity index (χ0n) is 8.91. The molecule has 0 bridgehead atoms. The van der Waals surface area contributed by atoms with Gasteiger partial charge >= 0.3 is 0 Å². The Kier molecular flexibility index (Phi) is 3.73. The lowest BCUT2D eigenvalue weighted by Gasteiger charge is -2.23. The van der Waals surface area contributed by atoms with Crippen molar-refractivity contribution < 1.29 is 0 Å². The first-order valence-corrected chi connectivity index (χ1v) is 6.13. The smallest absolute Gasteiger partial charge is 0.0828 e. The normalized spacial score (nSPS) is 17.3. The van der Waals surface area contributed by atoms with Crippen LogP contribution in [0.5, 0.6) is 0 Å². The van der Waals surface area contributed by atoms with Gasteiger partial charge in [0.15, 0.2) is 0 Å². The van der Waals surface area contributed by atoms with E-state index in [1.165, 1.54) is 32.1 Å². The van der Waals surface area contributed by atoms with E-state index >= 15 is 0 Å². The summed E-state index contributed by atoms with van der Waals surface area (Å²) in [6.07, 6.45) is 6.57. The molecule has 0 radical (unpaired) electrons. The topological polar surface area (TPSA) is 12.0 Å². The monoisotopic (exact) mass is 219 g/mol. The van der Waals surface area contributed by atoms with Crippen molar-refractivity contribution in [3.05, 3.63) is 30.3 Å². The minimum absolute atomic E-state index is 0.606. The second-order valence-corrected chi connectivity index (χ2v) is 4.63. The molecular formula is C13H17NS. The molecule has 1 N–H and O–H groups in total. The molecule has 1 aliphatic rings. The Morgan fingerprint density at radius 2 is 1.73 bits per heavy atom. The molecule has 1 nitrogen and oxygen atoms in total. The fourth-order valence-electron chi connectivity index (χ4n) is 2.13. The summed E-state index contributed by atoms with van der Waals surface area (Å²) < 4.78 is 0. The Morgan fingerprint density at radius 1 is 1.07 bits per heavy atom. The molecule has 0 unspecified atom stereocenters. The van der Waals surface area contributed by atoms with Crippen molar-refractivity contribution in [1.29, 1.82) is 0 Å². The fourth-order valence-corrected chi connectivity index (χ4v) is 2.48. The van der Waals surface area contributed by atoms with Crippen LogP contribution in [0, 0.1) is 5.92 Å². The SMILES string of the molecule is S=C(Nc1ccccc1)C1CCCCC1. The van der Waals surface area contributed by atoms with Crippen LogP contribution in [0.1, 0.15) is 32.1 Å². The Balaban J connectivity index is 1.91. The van der Waals surface area contributed by atoms with Crippen LogP contribution in [0.2, 0.25) is 0 Å². The average molecular weight is 219 g/mol. The molecule has 2 rings (SSSR count). The van der Waals surface area contributed by atoms with Crippen LogP contribution in [0.3, 0.4) is 0 Å². The van der Waals surface area contributed by atoms with Crippen molar-refractivity contribution in [3.8, 4) is 0 Å². The highest BCUT2D eigenvalue weighted by Gasteiger charge is 2.17. The van der Waals surface area contributed by atoms with Gasteiger partial charge in [-0.15, -0.1) is 0 Å². The van der Waals surface area contributed by atoms with E-state index in [2.05, 4.69) is 17.4 Å². The van der Waals surface area contributed by atoms with Gasteiger partial charge in [-0.05, 0) is 25.0 Å². The fraction of sp³-hybridized carbons (Fsp3) is 0.462. The van der Waals surface area contributed by atoms with E-state index in [4.69, 9.17) is 12.2 Å². The number of hydrogen-bond acceptors (Lipinski definition) is 1. The van der Waals surface area contributed by atoms with Crippen molar-refractivity contribution in [2.75, 3.05) is 5.32 Å². The highest BCUT2D eigenvalue weighted by atomic mass is 32.1. The number of nitrogens with one attached hydrogen (secondary N) is 1. The second-order valence-electron chi connectivity index (χ2n) is 4.19. The number of para-hydroxylation sites is 1. The first-order valence-electron chi connectivity index (χ1n) is 5.72. The molecule has 1 saturated carbocycles. The lowest BCUT2D eigenvalue weighted by molar-refractivity contribution is 0.442. The Hall–Kier alpha value is -0.890. The van der Waals surface area contributed by atoms with Gasteiger partial charge in [-0.3, -0.25) is 0 Å². The van der Waals surface area contributed by atoms with Crippen molar-refractivity contribution in [2.24, 2.45) is 5.92 Å². The zero-order chi connectivity index (χ0) is 10.5. The third-order valence-electron chi connectivity index (χ3n) is 3.02. The summed E-state index contributed by atoms with van der Waals surface area (Å²) in [6.45, 7) is 0. The molecule has 1 aromatic rings. The summed E-state index contributed by atoms with van der Waals surface area (Å²) in [4.78, 5) is 1.03. The molecule has 0 aliphatic heterocycles. The summed E-state index contributed by atoms with van der Waals surface area (Å²) in [7, 11) is 0. The largest absolute Gasteiger partial charge is 0.350 e. The van der Waals surface area contributed by atoms with Crippen LogP contribution in [0.25, 0.3) is 0 Å². The van der Waals surface area contributed by atoms with Gasteiger partial charge in [0.25, 0.3) is 0 Å². The standard InChI is InChI=1S/C13H17NS/c15-13(11-7-3-1-4-8-11)14-12-9-5-2-6-10-12/h2,5-6,9-11H,1,3-4,7-8H2,(H,14,15). The molecule has 0 aromatic heterocycles. The molecule has 1 aliphatic carbocycles. The van der Waals surface area contributed by atoms with Crippen LogP contribution in [0.15, 0.2) is 30.3 Å². The number of anilines is 1. The first-order chi connectivity index (χ1) is 7.36. The van der Waals surface area contributed by atoms with Gasteiger partial charge in [-0.1, -0.05) is 49.7 Å². The van der Waals surface area contributed by atoms with Crippen LogP contribution >= 0.6 is 12.2 Å². The molecule has 2 heteroatoms. The van der Waals surface area contributed by atoms with Gasteiger partial charge in [0.05, 0.1) is 4.99 Å². The molecule has 1 fully saturated rings. The van der Waals surface area contributed by atoms with E-state index in [1.807, 2.05) is 18.2 Å². The van der Waals surface area contributed by atoms with Crippen LogP contribution in [0.4, 0.5) is 5.69 Å². The van der Waals surface area contributed by atoms with E-state index in [1.54, 1.807) is 0 Å². The van der Waals surface area contributed by atoms with Crippen LogP contribution < -0.4 is 5.32 Å². The molecule has 0 saturated heterocycles. The molecular weight excluding hydrogens is 202 g/mol. The molecule has 0 atom stereocenters. The predicted molar refractivity (Wildman–Crippen MR) is 69.2 cm³/mol. The number of thiocarbonyl (C=S) groups is 1. The van der Waals surface area contributed by atoms with E-state index < -0.39 is 0 Å². The van der Waals surface area contributed by atoms with Crippen molar-refractivity contribution >= 4 is 22.9 Å².